The highest BCUT2D eigenvalue weighted by atomic mass is 28.4. The van der Waals surface area contributed by atoms with E-state index in [2.05, 4.69) is 108 Å². The van der Waals surface area contributed by atoms with Crippen molar-refractivity contribution in [1.82, 2.24) is 19.7 Å². The van der Waals surface area contributed by atoms with Gasteiger partial charge in [0, 0.05) is 18.2 Å². The smallest absolute Gasteiger partial charge is 0.411 e. The number of ether oxygens (including phenoxy) is 1. The van der Waals surface area contributed by atoms with Crippen molar-refractivity contribution in [1.29, 1.82) is 5.26 Å². The minimum Gasteiger partial charge on any atom is -0.496 e. The number of rotatable bonds is 14. The Labute approximate surface area is 288 Å². The fourth-order valence-corrected chi connectivity index (χ4v) is 11.0. The third-order valence-electron chi connectivity index (χ3n) is 8.62. The summed E-state index contributed by atoms with van der Waals surface area (Å²) >= 11 is 0. The van der Waals surface area contributed by atoms with Crippen LogP contribution in [0.1, 0.15) is 58.1 Å². The molecule has 11 nitrogen and oxygen atoms in total. The van der Waals surface area contributed by atoms with E-state index in [-0.39, 0.29) is 17.0 Å². The average Bonchev–Trinajstić information content (AvgIpc) is 3.49. The summed E-state index contributed by atoms with van der Waals surface area (Å²) < 4.78 is 14.5. The lowest BCUT2D eigenvalue weighted by Crippen LogP contribution is -2.66. The maximum atomic E-state index is 11.6. The average molecular weight is 678 g/mol. The molecule has 2 aromatic heterocycles. The molecule has 1 amide bonds. The summed E-state index contributed by atoms with van der Waals surface area (Å²) in [7, 11) is -1.17. The molecule has 0 unspecified atom stereocenters. The van der Waals surface area contributed by atoms with Crippen LogP contribution < -0.4 is 25.7 Å². The Kier molecular flexibility index (Phi) is 11.0. The number of anilines is 2. The van der Waals surface area contributed by atoms with E-state index in [1.165, 1.54) is 10.4 Å². The van der Waals surface area contributed by atoms with Crippen LogP contribution in [-0.2, 0) is 11.0 Å². The van der Waals surface area contributed by atoms with Crippen LogP contribution in [0.15, 0.2) is 85.1 Å². The summed E-state index contributed by atoms with van der Waals surface area (Å²) in [5.74, 6) is 0.978. The van der Waals surface area contributed by atoms with E-state index < -0.39 is 14.4 Å². The number of hydrogen-bond acceptors (Lipinski definition) is 8. The highest BCUT2D eigenvalue weighted by molar-refractivity contribution is 6.99. The molecule has 5 aromatic rings. The first-order chi connectivity index (χ1) is 23.6. The standard InChI is InChI=1S/C37H43N7O4Si/c1-6-13-28(20-21-48-49(37(2,3)4,29-14-9-7-10-15-29)30-16-11-8-12-17-30)40-34-33-31(41-35(42-34)43-36(45)46)24-39-44(33)25-27-19-18-26(23-38)22-32(27)47-5/h7-12,14-19,22,24,28H,6,13,20-21,25H2,1-5H3,(H,45,46)(H2,40,41,42,43)/t28-/m0/s1. The molecule has 1 atom stereocenters. The van der Waals surface area contributed by atoms with Gasteiger partial charge >= 0.3 is 6.09 Å². The van der Waals surface area contributed by atoms with Gasteiger partial charge in [-0.3, -0.25) is 10.00 Å². The van der Waals surface area contributed by atoms with E-state index in [1.54, 1.807) is 30.1 Å². The Morgan fingerprint density at radius 2 is 1.69 bits per heavy atom. The van der Waals surface area contributed by atoms with Gasteiger partial charge in [0.1, 0.15) is 16.8 Å². The largest absolute Gasteiger partial charge is 0.496 e. The number of carboxylic acid groups (broad SMARTS) is 1. The Hall–Kier alpha value is -5.25. The molecule has 3 aromatic carbocycles. The van der Waals surface area contributed by atoms with Crippen LogP contribution >= 0.6 is 0 Å². The van der Waals surface area contributed by atoms with Crippen molar-refractivity contribution in [2.45, 2.75) is 64.6 Å². The second kappa shape index (κ2) is 15.3. The van der Waals surface area contributed by atoms with Crippen LogP contribution in [0.4, 0.5) is 16.6 Å². The van der Waals surface area contributed by atoms with Gasteiger partial charge in [0.25, 0.3) is 8.32 Å². The number of amides is 1. The highest BCUT2D eigenvalue weighted by Gasteiger charge is 2.50. The van der Waals surface area contributed by atoms with Crippen molar-refractivity contribution < 1.29 is 19.1 Å². The number of aromatic nitrogens is 4. The van der Waals surface area contributed by atoms with Gasteiger partial charge in [-0.25, -0.2) is 9.78 Å². The molecule has 0 radical (unpaired) electrons. The van der Waals surface area contributed by atoms with Crippen molar-refractivity contribution in [3.63, 3.8) is 0 Å². The number of nitrogens with zero attached hydrogens (tertiary/aromatic N) is 5. The summed E-state index contributed by atoms with van der Waals surface area (Å²) in [5, 5.41) is 31.6. The zero-order chi connectivity index (χ0) is 35.0. The topological polar surface area (TPSA) is 147 Å². The van der Waals surface area contributed by atoms with E-state index in [1.807, 2.05) is 18.2 Å². The molecule has 0 spiro atoms. The molecule has 0 aliphatic heterocycles. The van der Waals surface area contributed by atoms with E-state index in [0.29, 0.717) is 47.7 Å². The maximum Gasteiger partial charge on any atom is 0.411 e. The van der Waals surface area contributed by atoms with Gasteiger partial charge in [-0.15, -0.1) is 0 Å². The molecule has 3 N–H and O–H groups in total. The van der Waals surface area contributed by atoms with Crippen molar-refractivity contribution in [3.8, 4) is 11.8 Å². The molecule has 0 fully saturated rings. The molecule has 0 aliphatic rings. The zero-order valence-corrected chi connectivity index (χ0v) is 29.6. The van der Waals surface area contributed by atoms with Crippen molar-refractivity contribution in [2.24, 2.45) is 0 Å². The number of carbonyl (C=O) groups is 1. The quantitative estimate of drug-likeness (QED) is 0.114. The second-order valence-electron chi connectivity index (χ2n) is 12.9. The maximum absolute atomic E-state index is 11.6. The molecule has 254 valence electrons. The second-order valence-corrected chi connectivity index (χ2v) is 17.2. The summed E-state index contributed by atoms with van der Waals surface area (Å²) in [6.07, 6.45) is 2.75. The van der Waals surface area contributed by atoms with Gasteiger partial charge in [-0.2, -0.15) is 15.3 Å². The van der Waals surface area contributed by atoms with Crippen LogP contribution in [0, 0.1) is 11.3 Å². The normalized spacial score (nSPS) is 12.3. The number of hydrogen-bond donors (Lipinski definition) is 3. The molecule has 0 saturated carbocycles. The van der Waals surface area contributed by atoms with Gasteiger partial charge < -0.3 is 19.6 Å². The van der Waals surface area contributed by atoms with Crippen molar-refractivity contribution in [3.05, 3.63) is 96.2 Å². The molecule has 0 aliphatic carbocycles. The van der Waals surface area contributed by atoms with Crippen LogP contribution in [-0.4, -0.2) is 59.0 Å². The Morgan fingerprint density at radius 1 is 1.02 bits per heavy atom. The Morgan fingerprint density at radius 3 is 2.27 bits per heavy atom. The molecule has 0 saturated heterocycles. The predicted octanol–water partition coefficient (Wildman–Crippen LogP) is 6.39. The molecule has 49 heavy (non-hydrogen) atoms. The van der Waals surface area contributed by atoms with Gasteiger partial charge in [0.2, 0.25) is 5.95 Å². The number of methoxy groups -OCH3 is 1. The fourth-order valence-electron chi connectivity index (χ4n) is 6.42. The monoisotopic (exact) mass is 677 g/mol. The molecular formula is C37H43N7O4Si. The minimum absolute atomic E-state index is 0.0446. The summed E-state index contributed by atoms with van der Waals surface area (Å²) in [4.78, 5) is 20.6. The third kappa shape index (κ3) is 7.74. The SMILES string of the molecule is CCC[C@@H](CCO[Si](c1ccccc1)(c1ccccc1)C(C)(C)C)Nc1nc(NC(=O)O)nc2cnn(Cc3ccc(C#N)cc3OC)c12. The first kappa shape index (κ1) is 35.1. The summed E-state index contributed by atoms with van der Waals surface area (Å²) in [6, 6.07) is 28.5. The molecular weight excluding hydrogens is 635 g/mol. The summed E-state index contributed by atoms with van der Waals surface area (Å²) in [6.45, 7) is 9.74. The van der Waals surface area contributed by atoms with Crippen LogP contribution in [0.2, 0.25) is 5.04 Å². The number of benzene rings is 3. The lowest BCUT2D eigenvalue weighted by Gasteiger charge is -2.43. The van der Waals surface area contributed by atoms with Gasteiger partial charge in [0.15, 0.2) is 5.82 Å². The van der Waals surface area contributed by atoms with E-state index in [9.17, 15) is 15.2 Å². The number of nitrogens with one attached hydrogen (secondary N) is 2. The Balaban J connectivity index is 1.48. The molecule has 0 bridgehead atoms. The van der Waals surface area contributed by atoms with Crippen molar-refractivity contribution in [2.75, 3.05) is 24.4 Å². The fraction of sp³-hybridized carbons (Fsp3) is 0.324. The molecule has 12 heteroatoms. The lowest BCUT2D eigenvalue weighted by atomic mass is 10.1. The zero-order valence-electron chi connectivity index (χ0n) is 28.6. The van der Waals surface area contributed by atoms with Gasteiger partial charge in [-0.05, 0) is 40.4 Å². The van der Waals surface area contributed by atoms with Crippen LogP contribution in [0.25, 0.3) is 11.0 Å². The van der Waals surface area contributed by atoms with Crippen molar-refractivity contribution >= 4 is 47.6 Å². The number of nitriles is 1. The van der Waals surface area contributed by atoms with Crippen LogP contribution in [0.5, 0.6) is 5.75 Å². The Bertz CT molecular complexity index is 1880. The van der Waals surface area contributed by atoms with Crippen LogP contribution in [0.3, 0.4) is 0 Å². The van der Waals surface area contributed by atoms with Gasteiger partial charge in [-0.1, -0.05) is 101 Å². The van der Waals surface area contributed by atoms with E-state index in [4.69, 9.17) is 9.16 Å². The summed E-state index contributed by atoms with van der Waals surface area (Å²) in [5.41, 5.74) is 2.40. The first-order valence-corrected chi connectivity index (χ1v) is 18.3. The molecule has 5 rings (SSSR count). The van der Waals surface area contributed by atoms with Gasteiger partial charge in [0.05, 0.1) is 31.5 Å². The minimum atomic E-state index is -2.73. The lowest BCUT2D eigenvalue weighted by molar-refractivity contribution is 0.209. The third-order valence-corrected chi connectivity index (χ3v) is 13.7. The first-order valence-electron chi connectivity index (χ1n) is 16.4. The molecule has 2 heterocycles. The van der Waals surface area contributed by atoms with E-state index >= 15 is 0 Å². The highest BCUT2D eigenvalue weighted by Crippen LogP contribution is 2.37. The number of fused-ring (bicyclic) bond motifs is 1. The predicted molar refractivity (Wildman–Crippen MR) is 194 cm³/mol. The van der Waals surface area contributed by atoms with E-state index in [0.717, 1.165) is 18.4 Å².